The standard InChI is InChI=1S/C18H16F4N2O2/c1-12(19)16(9-23-2)17(25)14-6-7-24(11-14)10-13-4-3-5-15(8-13)26-18(20,21)22/h3-9,11,17,25H,1-2,10H2/b16-9+. The molecule has 0 saturated carbocycles. The molecule has 0 aliphatic carbocycles. The van der Waals surface area contributed by atoms with Crippen LogP contribution < -0.4 is 4.74 Å². The summed E-state index contributed by atoms with van der Waals surface area (Å²) in [6, 6.07) is 7.10. The second-order valence-electron chi connectivity index (χ2n) is 5.39. The number of aliphatic hydroxyl groups excluding tert-OH is 1. The summed E-state index contributed by atoms with van der Waals surface area (Å²) in [5, 5.41) is 10.2. The summed E-state index contributed by atoms with van der Waals surface area (Å²) in [5.41, 5.74) is 0.807. The van der Waals surface area contributed by atoms with Gasteiger partial charge in [-0.3, -0.25) is 4.99 Å². The fourth-order valence-electron chi connectivity index (χ4n) is 2.34. The van der Waals surface area contributed by atoms with E-state index in [4.69, 9.17) is 0 Å². The molecule has 0 radical (unpaired) electrons. The van der Waals surface area contributed by atoms with Crippen LogP contribution in [0.25, 0.3) is 0 Å². The molecule has 0 amide bonds. The number of benzene rings is 1. The average Bonchev–Trinajstić information content (AvgIpc) is 2.99. The monoisotopic (exact) mass is 368 g/mol. The van der Waals surface area contributed by atoms with Crippen molar-refractivity contribution in [3.8, 4) is 5.75 Å². The first-order chi connectivity index (χ1) is 12.2. The fraction of sp³-hybridized carbons (Fsp3) is 0.167. The second kappa shape index (κ2) is 8.01. The summed E-state index contributed by atoms with van der Waals surface area (Å²) in [5.74, 6) is -1.16. The maximum atomic E-state index is 13.4. The van der Waals surface area contributed by atoms with Crippen LogP contribution in [0.4, 0.5) is 17.6 Å². The van der Waals surface area contributed by atoms with Crippen molar-refractivity contribution in [2.75, 3.05) is 0 Å². The molecule has 0 saturated heterocycles. The quantitative estimate of drug-likeness (QED) is 0.443. The highest BCUT2D eigenvalue weighted by Gasteiger charge is 2.31. The van der Waals surface area contributed by atoms with E-state index < -0.39 is 18.3 Å². The zero-order chi connectivity index (χ0) is 19.3. The van der Waals surface area contributed by atoms with Crippen molar-refractivity contribution in [1.29, 1.82) is 0 Å². The van der Waals surface area contributed by atoms with Gasteiger partial charge < -0.3 is 14.4 Å². The molecule has 26 heavy (non-hydrogen) atoms. The summed E-state index contributed by atoms with van der Waals surface area (Å²) < 4.78 is 55.8. The lowest BCUT2D eigenvalue weighted by molar-refractivity contribution is -0.274. The molecule has 1 unspecified atom stereocenters. The zero-order valence-electron chi connectivity index (χ0n) is 13.6. The molecular weight excluding hydrogens is 352 g/mol. The summed E-state index contributed by atoms with van der Waals surface area (Å²) in [7, 11) is 0. The number of halogens is 4. The van der Waals surface area contributed by atoms with E-state index >= 15 is 0 Å². The van der Waals surface area contributed by atoms with Gasteiger partial charge in [-0.2, -0.15) is 0 Å². The molecular formula is C18H16F4N2O2. The summed E-state index contributed by atoms with van der Waals surface area (Å²) in [4.78, 5) is 3.43. The Morgan fingerprint density at radius 2 is 2.08 bits per heavy atom. The van der Waals surface area contributed by atoms with Crippen molar-refractivity contribution in [1.82, 2.24) is 4.57 Å². The predicted octanol–water partition coefficient (Wildman–Crippen LogP) is 4.54. The maximum Gasteiger partial charge on any atom is 0.573 e. The minimum absolute atomic E-state index is 0.127. The van der Waals surface area contributed by atoms with Crippen molar-refractivity contribution in [2.24, 2.45) is 4.99 Å². The Bertz CT molecular complexity index is 825. The van der Waals surface area contributed by atoms with E-state index in [1.54, 1.807) is 29.1 Å². The van der Waals surface area contributed by atoms with Crippen molar-refractivity contribution in [3.05, 3.63) is 78.0 Å². The van der Waals surface area contributed by atoms with E-state index in [2.05, 4.69) is 23.0 Å². The van der Waals surface area contributed by atoms with E-state index in [0.29, 0.717) is 11.1 Å². The molecule has 138 valence electrons. The maximum absolute atomic E-state index is 13.4. The Morgan fingerprint density at radius 1 is 1.35 bits per heavy atom. The van der Waals surface area contributed by atoms with Crippen LogP contribution in [0.3, 0.4) is 0 Å². The number of hydrogen-bond acceptors (Lipinski definition) is 3. The van der Waals surface area contributed by atoms with E-state index in [0.717, 1.165) is 6.20 Å². The molecule has 1 aromatic carbocycles. The molecule has 1 atom stereocenters. The highest BCUT2D eigenvalue weighted by Crippen LogP contribution is 2.28. The van der Waals surface area contributed by atoms with Crippen molar-refractivity contribution in [3.63, 3.8) is 0 Å². The molecule has 0 aliphatic heterocycles. The van der Waals surface area contributed by atoms with Crippen LogP contribution in [-0.4, -0.2) is 22.8 Å². The molecule has 8 heteroatoms. The van der Waals surface area contributed by atoms with Gasteiger partial charge in [0.2, 0.25) is 0 Å². The highest BCUT2D eigenvalue weighted by molar-refractivity contribution is 5.36. The van der Waals surface area contributed by atoms with Crippen LogP contribution in [0, 0.1) is 0 Å². The molecule has 4 nitrogen and oxygen atoms in total. The second-order valence-corrected chi connectivity index (χ2v) is 5.39. The first-order valence-corrected chi connectivity index (χ1v) is 7.38. The van der Waals surface area contributed by atoms with E-state index in [1.807, 2.05) is 0 Å². The molecule has 1 aromatic heterocycles. The van der Waals surface area contributed by atoms with E-state index in [1.165, 1.54) is 18.2 Å². The Labute approximate surface area is 147 Å². The van der Waals surface area contributed by atoms with Gasteiger partial charge in [0.1, 0.15) is 17.7 Å². The van der Waals surface area contributed by atoms with Gasteiger partial charge in [-0.1, -0.05) is 18.7 Å². The third-order valence-corrected chi connectivity index (χ3v) is 3.42. The molecule has 0 aliphatic rings. The Hall–Kier alpha value is -2.87. The zero-order valence-corrected chi connectivity index (χ0v) is 13.6. The van der Waals surface area contributed by atoms with Gasteiger partial charge in [0.15, 0.2) is 0 Å². The lowest BCUT2D eigenvalue weighted by Crippen LogP contribution is -2.17. The SMILES string of the molecule is C=N/C=C(\C(=C)F)C(O)c1ccn(Cc2cccc(OC(F)(F)F)c2)c1. The van der Waals surface area contributed by atoms with Crippen molar-refractivity contribution >= 4 is 6.72 Å². The van der Waals surface area contributed by atoms with E-state index in [-0.39, 0.29) is 17.9 Å². The van der Waals surface area contributed by atoms with Crippen LogP contribution in [0.5, 0.6) is 5.75 Å². The normalized spacial score (nSPS) is 13.3. The molecule has 2 rings (SSSR count). The minimum Gasteiger partial charge on any atom is -0.406 e. The summed E-state index contributed by atoms with van der Waals surface area (Å²) in [6.07, 6.45) is -1.83. The van der Waals surface area contributed by atoms with Crippen molar-refractivity contribution in [2.45, 2.75) is 19.0 Å². The third-order valence-electron chi connectivity index (χ3n) is 3.42. The van der Waals surface area contributed by atoms with Gasteiger partial charge >= 0.3 is 6.36 Å². The van der Waals surface area contributed by atoms with E-state index in [9.17, 15) is 22.7 Å². The Kier molecular flexibility index (Phi) is 5.99. The van der Waals surface area contributed by atoms with Gasteiger partial charge in [0.05, 0.1) is 0 Å². The number of hydrogen-bond donors (Lipinski definition) is 1. The van der Waals surface area contributed by atoms with Crippen LogP contribution in [0.15, 0.2) is 71.9 Å². The number of ether oxygens (including phenoxy) is 1. The lowest BCUT2D eigenvalue weighted by atomic mass is 10.0. The van der Waals surface area contributed by atoms with Crippen LogP contribution >= 0.6 is 0 Å². The first-order valence-electron chi connectivity index (χ1n) is 7.38. The minimum atomic E-state index is -4.76. The average molecular weight is 368 g/mol. The van der Waals surface area contributed by atoms with Crippen LogP contribution in [0.2, 0.25) is 0 Å². The smallest absolute Gasteiger partial charge is 0.406 e. The van der Waals surface area contributed by atoms with Crippen LogP contribution in [-0.2, 0) is 6.54 Å². The first kappa shape index (κ1) is 19.5. The molecule has 0 spiro atoms. The number of aromatic nitrogens is 1. The molecule has 2 aromatic rings. The number of alkyl halides is 3. The number of nitrogens with zero attached hydrogens (tertiary/aromatic N) is 2. The predicted molar refractivity (Wildman–Crippen MR) is 89.5 cm³/mol. The third kappa shape index (κ3) is 5.32. The largest absolute Gasteiger partial charge is 0.573 e. The van der Waals surface area contributed by atoms with Gasteiger partial charge in [-0.25, -0.2) is 4.39 Å². The Morgan fingerprint density at radius 3 is 2.69 bits per heavy atom. The lowest BCUT2D eigenvalue weighted by Gasteiger charge is -2.11. The van der Waals surface area contributed by atoms with Gasteiger partial charge in [0.25, 0.3) is 0 Å². The molecule has 0 fully saturated rings. The number of rotatable bonds is 7. The fourth-order valence-corrected chi connectivity index (χ4v) is 2.34. The van der Waals surface area contributed by atoms with Gasteiger partial charge in [0, 0.05) is 36.3 Å². The molecule has 1 heterocycles. The molecule has 1 N–H and O–H groups in total. The van der Waals surface area contributed by atoms with Gasteiger partial charge in [-0.05, 0) is 30.5 Å². The Balaban J connectivity index is 2.16. The summed E-state index contributed by atoms with van der Waals surface area (Å²) in [6.45, 7) is 6.58. The number of aliphatic imine (C=N–C) groups is 1. The topological polar surface area (TPSA) is 46.8 Å². The summed E-state index contributed by atoms with van der Waals surface area (Å²) >= 11 is 0. The molecule has 0 bridgehead atoms. The van der Waals surface area contributed by atoms with Gasteiger partial charge in [-0.15, -0.1) is 13.2 Å². The van der Waals surface area contributed by atoms with Crippen LogP contribution in [0.1, 0.15) is 17.2 Å². The number of aliphatic hydroxyl groups is 1. The highest BCUT2D eigenvalue weighted by atomic mass is 19.4. The van der Waals surface area contributed by atoms with Crippen molar-refractivity contribution < 1.29 is 27.4 Å².